The van der Waals surface area contributed by atoms with E-state index >= 15 is 0 Å². The van der Waals surface area contributed by atoms with Crippen LogP contribution in [0.5, 0.6) is 0 Å². The maximum absolute atomic E-state index is 11.9. The number of aryl methyl sites for hydroxylation is 1. The molecule has 1 saturated heterocycles. The van der Waals surface area contributed by atoms with Crippen LogP contribution in [0.3, 0.4) is 0 Å². The molecule has 0 aromatic carbocycles. The zero-order chi connectivity index (χ0) is 16.1. The summed E-state index contributed by atoms with van der Waals surface area (Å²) in [5.41, 5.74) is -0.377. The van der Waals surface area contributed by atoms with Crippen molar-refractivity contribution in [3.8, 4) is 0 Å². The van der Waals surface area contributed by atoms with Gasteiger partial charge < -0.3 is 9.84 Å². The molecule has 1 aromatic rings. The van der Waals surface area contributed by atoms with Gasteiger partial charge in [-0.1, -0.05) is 34.9 Å². The van der Waals surface area contributed by atoms with Gasteiger partial charge in [0.1, 0.15) is 6.23 Å². The van der Waals surface area contributed by atoms with Crippen molar-refractivity contribution in [1.29, 1.82) is 0 Å². The van der Waals surface area contributed by atoms with E-state index in [0.717, 1.165) is 18.6 Å². The molecule has 0 bridgehead atoms. The number of rotatable bonds is 7. The Morgan fingerprint density at radius 3 is 2.95 bits per heavy atom. The Morgan fingerprint density at radius 2 is 2.27 bits per heavy atom. The van der Waals surface area contributed by atoms with Crippen molar-refractivity contribution in [2.45, 2.75) is 50.7 Å². The number of aromatic amines is 1. The van der Waals surface area contributed by atoms with Gasteiger partial charge in [0.25, 0.3) is 5.56 Å². The molecule has 0 saturated carbocycles. The number of nitrogens with one attached hydrogen (secondary N) is 1. The Morgan fingerprint density at radius 1 is 1.50 bits per heavy atom. The maximum Gasteiger partial charge on any atom is 0.330 e. The van der Waals surface area contributed by atoms with E-state index in [1.165, 1.54) is 10.8 Å². The molecule has 2 heterocycles. The van der Waals surface area contributed by atoms with E-state index in [1.54, 1.807) is 28.5 Å². The van der Waals surface area contributed by atoms with E-state index in [9.17, 15) is 14.7 Å². The van der Waals surface area contributed by atoms with E-state index < -0.39 is 11.9 Å². The number of nitrogens with zero attached hydrogens (tertiary/aromatic N) is 1. The monoisotopic (exact) mass is 346 g/mol. The van der Waals surface area contributed by atoms with Crippen molar-refractivity contribution in [3.05, 3.63) is 32.6 Å². The minimum Gasteiger partial charge on any atom is -0.394 e. The molecule has 0 radical (unpaired) electrons. The Balaban J connectivity index is 2.06. The third kappa shape index (κ3) is 4.18. The molecular formula is C14H22N2O4S2. The van der Waals surface area contributed by atoms with Gasteiger partial charge in [0.2, 0.25) is 0 Å². The number of unbranched alkanes of at least 4 members (excludes halogenated alkanes) is 1. The smallest absolute Gasteiger partial charge is 0.330 e. The molecule has 2 N–H and O–H groups in total. The lowest BCUT2D eigenvalue weighted by atomic mass is 10.2. The Hall–Kier alpha value is -0.700. The number of aromatic nitrogens is 2. The summed E-state index contributed by atoms with van der Waals surface area (Å²) in [5, 5.41) is 9.61. The zero-order valence-corrected chi connectivity index (χ0v) is 14.4. The summed E-state index contributed by atoms with van der Waals surface area (Å²) in [5.74, 6) is 1.07. The van der Waals surface area contributed by atoms with E-state index in [4.69, 9.17) is 4.74 Å². The molecule has 2 rings (SSSR count). The highest BCUT2D eigenvalue weighted by molar-refractivity contribution is 8.76. The predicted molar refractivity (Wildman–Crippen MR) is 90.4 cm³/mol. The van der Waals surface area contributed by atoms with Gasteiger partial charge in [0.15, 0.2) is 0 Å². The number of hydrogen-bond acceptors (Lipinski definition) is 6. The molecule has 0 spiro atoms. The van der Waals surface area contributed by atoms with Crippen LogP contribution in [-0.4, -0.2) is 38.4 Å². The lowest BCUT2D eigenvalue weighted by Gasteiger charge is -2.15. The van der Waals surface area contributed by atoms with Crippen molar-refractivity contribution >= 4 is 21.6 Å². The summed E-state index contributed by atoms with van der Waals surface area (Å²) in [6, 6.07) is 0. The Labute approximate surface area is 137 Å². The minimum atomic E-state index is -0.471. The molecule has 22 heavy (non-hydrogen) atoms. The van der Waals surface area contributed by atoms with Gasteiger partial charge in [-0.3, -0.25) is 14.3 Å². The van der Waals surface area contributed by atoms with Crippen LogP contribution in [0.2, 0.25) is 0 Å². The number of hydrogen-bond donors (Lipinski definition) is 2. The molecule has 1 aliphatic heterocycles. The van der Waals surface area contributed by atoms with Crippen molar-refractivity contribution in [2.75, 3.05) is 12.4 Å². The molecule has 1 aliphatic rings. The van der Waals surface area contributed by atoms with Crippen LogP contribution in [0, 0.1) is 6.92 Å². The lowest BCUT2D eigenvalue weighted by molar-refractivity contribution is -0.0238. The molecule has 1 fully saturated rings. The van der Waals surface area contributed by atoms with Crippen LogP contribution >= 0.6 is 21.6 Å². The summed E-state index contributed by atoms with van der Waals surface area (Å²) < 4.78 is 7.21. The molecule has 0 unspecified atom stereocenters. The van der Waals surface area contributed by atoms with E-state index in [1.807, 2.05) is 0 Å². The Bertz CT molecular complexity index is 601. The first-order valence-corrected chi connectivity index (χ1v) is 9.81. The van der Waals surface area contributed by atoms with Gasteiger partial charge in [0, 0.05) is 29.2 Å². The van der Waals surface area contributed by atoms with Gasteiger partial charge in [-0.15, -0.1) is 0 Å². The first-order valence-electron chi connectivity index (χ1n) is 7.43. The summed E-state index contributed by atoms with van der Waals surface area (Å²) in [4.78, 5) is 25.7. The fourth-order valence-corrected chi connectivity index (χ4v) is 5.24. The number of aliphatic hydroxyl groups excluding tert-OH is 1. The largest absolute Gasteiger partial charge is 0.394 e. The number of ether oxygens (including phenoxy) is 1. The van der Waals surface area contributed by atoms with Crippen LogP contribution in [0.25, 0.3) is 0 Å². The first kappa shape index (κ1) is 17.7. The molecule has 6 nitrogen and oxygen atoms in total. The molecule has 8 heteroatoms. The maximum atomic E-state index is 11.9. The minimum absolute atomic E-state index is 0.0699. The normalized spacial score (nSPS) is 24.8. The van der Waals surface area contributed by atoms with Gasteiger partial charge in [-0.2, -0.15) is 0 Å². The van der Waals surface area contributed by atoms with Gasteiger partial charge >= 0.3 is 5.69 Å². The van der Waals surface area contributed by atoms with Crippen LogP contribution in [0.1, 0.15) is 38.0 Å². The molecule has 0 amide bonds. The quantitative estimate of drug-likeness (QED) is 0.577. The van der Waals surface area contributed by atoms with Gasteiger partial charge in [0.05, 0.1) is 12.7 Å². The van der Waals surface area contributed by atoms with Crippen LogP contribution in [0.15, 0.2) is 15.8 Å². The highest BCUT2D eigenvalue weighted by Crippen LogP contribution is 2.41. The van der Waals surface area contributed by atoms with Crippen molar-refractivity contribution in [2.24, 2.45) is 0 Å². The SMILES string of the molecule is CCCCSS[C@@H]1C[C@H](n2cc(C)c(=O)[nH]c2=O)O[C@@H]1CO. The van der Waals surface area contributed by atoms with E-state index in [-0.39, 0.29) is 23.5 Å². The second kappa shape index (κ2) is 8.24. The van der Waals surface area contributed by atoms with Gasteiger partial charge in [-0.25, -0.2) is 4.79 Å². The highest BCUT2D eigenvalue weighted by atomic mass is 33.1. The van der Waals surface area contributed by atoms with Gasteiger partial charge in [-0.05, 0) is 13.3 Å². The topological polar surface area (TPSA) is 84.3 Å². The molecule has 3 atom stereocenters. The van der Waals surface area contributed by atoms with E-state index in [2.05, 4.69) is 11.9 Å². The molecular weight excluding hydrogens is 324 g/mol. The highest BCUT2D eigenvalue weighted by Gasteiger charge is 2.36. The second-order valence-electron chi connectivity index (χ2n) is 5.34. The van der Waals surface area contributed by atoms with Crippen LogP contribution in [-0.2, 0) is 4.74 Å². The zero-order valence-electron chi connectivity index (χ0n) is 12.8. The lowest BCUT2D eigenvalue weighted by Crippen LogP contribution is -2.33. The fourth-order valence-electron chi connectivity index (χ4n) is 2.28. The van der Waals surface area contributed by atoms with Crippen molar-refractivity contribution < 1.29 is 9.84 Å². The predicted octanol–water partition coefficient (Wildman–Crippen LogP) is 1.67. The summed E-state index contributed by atoms with van der Waals surface area (Å²) in [7, 11) is 3.49. The molecule has 0 aliphatic carbocycles. The summed E-state index contributed by atoms with van der Waals surface area (Å²) in [6.45, 7) is 3.74. The van der Waals surface area contributed by atoms with E-state index in [0.29, 0.717) is 12.0 Å². The second-order valence-corrected chi connectivity index (χ2v) is 8.06. The number of aliphatic hydroxyl groups is 1. The molecule has 124 valence electrons. The average Bonchev–Trinajstić information content (AvgIpc) is 2.90. The van der Waals surface area contributed by atoms with Crippen LogP contribution in [0.4, 0.5) is 0 Å². The fraction of sp³-hybridized carbons (Fsp3) is 0.714. The summed E-state index contributed by atoms with van der Waals surface area (Å²) >= 11 is 0. The third-order valence-corrected chi connectivity index (χ3v) is 6.57. The summed E-state index contributed by atoms with van der Waals surface area (Å²) in [6.07, 6.45) is 3.76. The Kier molecular flexibility index (Phi) is 6.61. The average molecular weight is 346 g/mol. The standard InChI is InChI=1S/C14H22N2O4S2/c1-3-4-5-21-22-11-6-12(20-10(11)8-17)16-7-9(2)13(18)15-14(16)19/h7,10-12,17H,3-6,8H2,1-2H3,(H,15,18,19)/t10-,11-,12-/m1/s1. The van der Waals surface area contributed by atoms with Crippen molar-refractivity contribution in [1.82, 2.24) is 9.55 Å². The van der Waals surface area contributed by atoms with Crippen molar-refractivity contribution in [3.63, 3.8) is 0 Å². The number of H-pyrrole nitrogens is 1. The molecule has 1 aromatic heterocycles. The first-order chi connectivity index (χ1) is 10.6. The third-order valence-electron chi connectivity index (χ3n) is 3.59. The van der Waals surface area contributed by atoms with Crippen LogP contribution < -0.4 is 11.2 Å².